The van der Waals surface area contributed by atoms with Gasteiger partial charge in [-0.1, -0.05) is 31.5 Å². The van der Waals surface area contributed by atoms with Gasteiger partial charge in [0.15, 0.2) is 0 Å². The van der Waals surface area contributed by atoms with Crippen molar-refractivity contribution in [3.63, 3.8) is 0 Å². The van der Waals surface area contributed by atoms with Crippen molar-refractivity contribution in [2.45, 2.75) is 58.2 Å². The molecule has 1 aromatic rings. The van der Waals surface area contributed by atoms with E-state index in [1.165, 1.54) is 12.8 Å². The molecule has 0 bridgehead atoms. The lowest BCUT2D eigenvalue weighted by atomic mass is 10.1. The van der Waals surface area contributed by atoms with Crippen LogP contribution in [0.15, 0.2) is 24.3 Å². The van der Waals surface area contributed by atoms with Crippen LogP contribution in [-0.2, 0) is 11.3 Å². The molecule has 1 aliphatic rings. The van der Waals surface area contributed by atoms with Crippen molar-refractivity contribution in [3.05, 3.63) is 29.8 Å². The van der Waals surface area contributed by atoms with Crippen LogP contribution in [0.1, 0.15) is 45.1 Å². The maximum Gasteiger partial charge on any atom is 0.234 e. The Hall–Kier alpha value is -1.55. The molecule has 0 heterocycles. The average molecular weight is 289 g/mol. The lowest BCUT2D eigenvalue weighted by Gasteiger charge is -2.23. The maximum absolute atomic E-state index is 12.2. The maximum atomic E-state index is 12.2. The predicted molar refractivity (Wildman–Crippen MR) is 86.8 cm³/mol. The molecule has 1 amide bonds. The molecular formula is C17H27N3O. The van der Waals surface area contributed by atoms with E-state index < -0.39 is 0 Å². The third kappa shape index (κ3) is 5.05. The molecule has 1 saturated carbocycles. The van der Waals surface area contributed by atoms with E-state index in [-0.39, 0.29) is 11.9 Å². The van der Waals surface area contributed by atoms with E-state index >= 15 is 0 Å². The second-order valence-electron chi connectivity index (χ2n) is 6.09. The normalized spacial score (nSPS) is 16.0. The van der Waals surface area contributed by atoms with E-state index in [0.717, 1.165) is 30.6 Å². The zero-order chi connectivity index (χ0) is 15.2. The second-order valence-corrected chi connectivity index (χ2v) is 6.09. The van der Waals surface area contributed by atoms with Crippen LogP contribution in [0.5, 0.6) is 0 Å². The highest BCUT2D eigenvalue weighted by atomic mass is 16.2. The number of benzene rings is 1. The van der Waals surface area contributed by atoms with E-state index in [1.807, 2.05) is 24.3 Å². The molecule has 0 saturated heterocycles. The van der Waals surface area contributed by atoms with Crippen molar-refractivity contribution in [2.24, 2.45) is 0 Å². The van der Waals surface area contributed by atoms with E-state index in [0.29, 0.717) is 12.6 Å². The van der Waals surface area contributed by atoms with Gasteiger partial charge < -0.3 is 11.1 Å². The Kier molecular flexibility index (Phi) is 5.62. The molecule has 116 valence electrons. The number of hydrogen-bond donors (Lipinski definition) is 2. The van der Waals surface area contributed by atoms with Crippen molar-refractivity contribution in [2.75, 3.05) is 12.3 Å². The zero-order valence-electron chi connectivity index (χ0n) is 13.1. The number of carbonyl (C=O) groups is 1. The number of anilines is 1. The number of para-hydroxylation sites is 1. The molecule has 21 heavy (non-hydrogen) atoms. The van der Waals surface area contributed by atoms with Gasteiger partial charge in [-0.05, 0) is 37.8 Å². The predicted octanol–water partition coefficient (Wildman–Crippen LogP) is 2.54. The van der Waals surface area contributed by atoms with Crippen LogP contribution < -0.4 is 11.1 Å². The molecule has 1 fully saturated rings. The van der Waals surface area contributed by atoms with Gasteiger partial charge in [-0.3, -0.25) is 9.69 Å². The van der Waals surface area contributed by atoms with Crippen LogP contribution >= 0.6 is 0 Å². The van der Waals surface area contributed by atoms with Gasteiger partial charge in [0, 0.05) is 24.3 Å². The largest absolute Gasteiger partial charge is 0.398 e. The topological polar surface area (TPSA) is 58.4 Å². The fourth-order valence-electron chi connectivity index (χ4n) is 2.66. The molecule has 4 nitrogen and oxygen atoms in total. The molecule has 0 aromatic heterocycles. The summed E-state index contributed by atoms with van der Waals surface area (Å²) in [6.07, 6.45) is 4.49. The summed E-state index contributed by atoms with van der Waals surface area (Å²) in [5.74, 6) is 0.123. The molecule has 1 aromatic carbocycles. The average Bonchev–Trinajstić information content (AvgIpc) is 3.25. The zero-order valence-corrected chi connectivity index (χ0v) is 13.1. The number of hydrogen-bond acceptors (Lipinski definition) is 3. The minimum atomic E-state index is 0.123. The Morgan fingerprint density at radius 1 is 1.43 bits per heavy atom. The first-order chi connectivity index (χ1) is 10.1. The van der Waals surface area contributed by atoms with Crippen molar-refractivity contribution < 1.29 is 4.79 Å². The summed E-state index contributed by atoms with van der Waals surface area (Å²) in [7, 11) is 0. The minimum Gasteiger partial charge on any atom is -0.398 e. The molecule has 0 radical (unpaired) electrons. The highest BCUT2D eigenvalue weighted by molar-refractivity contribution is 5.78. The van der Waals surface area contributed by atoms with Crippen molar-refractivity contribution in [1.29, 1.82) is 0 Å². The Bertz CT molecular complexity index is 471. The number of rotatable bonds is 8. The van der Waals surface area contributed by atoms with Crippen LogP contribution in [0.2, 0.25) is 0 Å². The summed E-state index contributed by atoms with van der Waals surface area (Å²) < 4.78 is 0. The standard InChI is InChI=1S/C17H27N3O/c1-3-6-13(2)19-17(21)12-20(15-9-10-15)11-14-7-4-5-8-16(14)18/h4-5,7-8,13,15H,3,6,9-12,18H2,1-2H3,(H,19,21). The highest BCUT2D eigenvalue weighted by Gasteiger charge is 2.30. The summed E-state index contributed by atoms with van der Waals surface area (Å²) in [6, 6.07) is 8.70. The molecule has 0 spiro atoms. The Balaban J connectivity index is 1.91. The first kappa shape index (κ1) is 15.8. The summed E-state index contributed by atoms with van der Waals surface area (Å²) in [6.45, 7) is 5.43. The minimum absolute atomic E-state index is 0.123. The first-order valence-electron chi connectivity index (χ1n) is 7.97. The lowest BCUT2D eigenvalue weighted by Crippen LogP contribution is -2.41. The van der Waals surface area contributed by atoms with Crippen molar-refractivity contribution >= 4 is 11.6 Å². The fourth-order valence-corrected chi connectivity index (χ4v) is 2.66. The lowest BCUT2D eigenvalue weighted by molar-refractivity contribution is -0.123. The quantitative estimate of drug-likeness (QED) is 0.723. The van der Waals surface area contributed by atoms with E-state index in [2.05, 4.69) is 24.1 Å². The van der Waals surface area contributed by atoms with E-state index in [1.54, 1.807) is 0 Å². The van der Waals surface area contributed by atoms with Crippen LogP contribution in [0.3, 0.4) is 0 Å². The highest BCUT2D eigenvalue weighted by Crippen LogP contribution is 2.29. The van der Waals surface area contributed by atoms with E-state index in [9.17, 15) is 4.79 Å². The molecule has 1 unspecified atom stereocenters. The van der Waals surface area contributed by atoms with Gasteiger partial charge in [-0.15, -0.1) is 0 Å². The number of carbonyl (C=O) groups excluding carboxylic acids is 1. The summed E-state index contributed by atoms with van der Waals surface area (Å²) in [5, 5.41) is 3.08. The van der Waals surface area contributed by atoms with Crippen molar-refractivity contribution in [3.8, 4) is 0 Å². The van der Waals surface area contributed by atoms with Gasteiger partial charge in [0.25, 0.3) is 0 Å². The van der Waals surface area contributed by atoms with Gasteiger partial charge in [0.2, 0.25) is 5.91 Å². The van der Waals surface area contributed by atoms with Gasteiger partial charge in [0.05, 0.1) is 6.54 Å². The Morgan fingerprint density at radius 3 is 2.76 bits per heavy atom. The fraction of sp³-hybridized carbons (Fsp3) is 0.588. The van der Waals surface area contributed by atoms with Crippen LogP contribution in [0.4, 0.5) is 5.69 Å². The van der Waals surface area contributed by atoms with Crippen molar-refractivity contribution in [1.82, 2.24) is 10.2 Å². The van der Waals surface area contributed by atoms with Gasteiger partial charge in [0.1, 0.15) is 0 Å². The molecule has 0 aliphatic heterocycles. The molecule has 4 heteroatoms. The number of nitrogen functional groups attached to an aromatic ring is 1. The Labute approximate surface area is 127 Å². The number of nitrogens with one attached hydrogen (secondary N) is 1. The molecule has 3 N–H and O–H groups in total. The molecule has 1 aliphatic carbocycles. The van der Waals surface area contributed by atoms with Crippen LogP contribution in [-0.4, -0.2) is 29.4 Å². The molecule has 2 rings (SSSR count). The number of nitrogens with two attached hydrogens (primary N) is 1. The van der Waals surface area contributed by atoms with E-state index in [4.69, 9.17) is 5.73 Å². The number of nitrogens with zero attached hydrogens (tertiary/aromatic N) is 1. The number of amides is 1. The van der Waals surface area contributed by atoms with Crippen LogP contribution in [0.25, 0.3) is 0 Å². The SMILES string of the molecule is CCCC(C)NC(=O)CN(Cc1ccccc1N)C1CC1. The summed E-state index contributed by atoms with van der Waals surface area (Å²) in [5.41, 5.74) is 7.93. The summed E-state index contributed by atoms with van der Waals surface area (Å²) in [4.78, 5) is 14.4. The third-order valence-corrected chi connectivity index (χ3v) is 3.97. The summed E-state index contributed by atoms with van der Waals surface area (Å²) >= 11 is 0. The monoisotopic (exact) mass is 289 g/mol. The molecular weight excluding hydrogens is 262 g/mol. The van der Waals surface area contributed by atoms with Gasteiger partial charge in [-0.25, -0.2) is 0 Å². The first-order valence-corrected chi connectivity index (χ1v) is 7.97. The molecule has 1 atom stereocenters. The third-order valence-electron chi connectivity index (χ3n) is 3.97. The van der Waals surface area contributed by atoms with Gasteiger partial charge in [-0.2, -0.15) is 0 Å². The van der Waals surface area contributed by atoms with Gasteiger partial charge >= 0.3 is 0 Å². The smallest absolute Gasteiger partial charge is 0.234 e. The second kappa shape index (κ2) is 7.46. The Morgan fingerprint density at radius 2 is 2.14 bits per heavy atom. The van der Waals surface area contributed by atoms with Crippen LogP contribution in [0, 0.1) is 0 Å².